The Morgan fingerprint density at radius 2 is 1.53 bits per heavy atom. The highest BCUT2D eigenvalue weighted by molar-refractivity contribution is 5.54. The van der Waals surface area contributed by atoms with Crippen molar-refractivity contribution >= 4 is 17.2 Å². The molecule has 0 amide bonds. The summed E-state index contributed by atoms with van der Waals surface area (Å²) in [6.45, 7) is 4.03. The second-order valence-corrected chi connectivity index (χ2v) is 4.75. The van der Waals surface area contributed by atoms with Gasteiger partial charge in [0, 0.05) is 43.8 Å². The van der Waals surface area contributed by atoms with E-state index in [4.69, 9.17) is 5.73 Å². The summed E-state index contributed by atoms with van der Waals surface area (Å²) in [4.78, 5) is 9.12. The highest BCUT2D eigenvalue weighted by Crippen LogP contribution is 2.20. The third-order valence-electron chi connectivity index (χ3n) is 3.51. The Labute approximate surface area is 113 Å². The lowest BCUT2D eigenvalue weighted by Gasteiger charge is -2.36. The Morgan fingerprint density at radius 1 is 0.842 bits per heavy atom. The van der Waals surface area contributed by atoms with E-state index in [1.54, 1.807) is 0 Å². The van der Waals surface area contributed by atoms with Crippen LogP contribution >= 0.6 is 0 Å². The monoisotopic (exact) mass is 254 g/mol. The summed E-state index contributed by atoms with van der Waals surface area (Å²) in [7, 11) is 0. The minimum atomic E-state index is 0.816. The summed E-state index contributed by atoms with van der Waals surface area (Å²) in [5, 5.41) is 0. The number of benzene rings is 1. The third kappa shape index (κ3) is 2.62. The Balaban J connectivity index is 1.65. The molecule has 0 bridgehead atoms. The van der Waals surface area contributed by atoms with Crippen molar-refractivity contribution < 1.29 is 0 Å². The lowest BCUT2D eigenvalue weighted by atomic mass is 10.2. The fourth-order valence-corrected chi connectivity index (χ4v) is 2.42. The van der Waals surface area contributed by atoms with Crippen LogP contribution < -0.4 is 15.5 Å². The molecule has 0 atom stereocenters. The summed E-state index contributed by atoms with van der Waals surface area (Å²) in [6.07, 6.45) is 1.85. The van der Waals surface area contributed by atoms with E-state index in [2.05, 4.69) is 33.0 Å². The van der Waals surface area contributed by atoms with Gasteiger partial charge in [0.1, 0.15) is 5.82 Å². The van der Waals surface area contributed by atoms with Gasteiger partial charge in [0.05, 0.1) is 0 Å². The Morgan fingerprint density at radius 3 is 2.16 bits per heavy atom. The second kappa shape index (κ2) is 5.18. The van der Waals surface area contributed by atoms with Gasteiger partial charge >= 0.3 is 0 Å². The third-order valence-corrected chi connectivity index (χ3v) is 3.51. The van der Waals surface area contributed by atoms with E-state index in [0.29, 0.717) is 0 Å². The van der Waals surface area contributed by atoms with E-state index >= 15 is 0 Å². The molecular weight excluding hydrogens is 236 g/mol. The number of anilines is 3. The standard InChI is InChI=1S/C15H18N4/c16-13-4-6-14(7-5-13)18-9-11-19(12-10-18)15-3-1-2-8-17-15/h1-8H,9-12,16H2. The van der Waals surface area contributed by atoms with Crippen molar-refractivity contribution in [2.24, 2.45) is 0 Å². The van der Waals surface area contributed by atoms with Crippen molar-refractivity contribution in [3.8, 4) is 0 Å². The van der Waals surface area contributed by atoms with E-state index in [1.165, 1.54) is 5.69 Å². The van der Waals surface area contributed by atoms with Gasteiger partial charge in [-0.2, -0.15) is 0 Å². The van der Waals surface area contributed by atoms with Crippen LogP contribution in [0.15, 0.2) is 48.7 Å². The average molecular weight is 254 g/mol. The molecule has 0 spiro atoms. The first-order valence-corrected chi connectivity index (χ1v) is 6.59. The first-order chi connectivity index (χ1) is 9.33. The predicted octanol–water partition coefficient (Wildman–Crippen LogP) is 1.99. The number of nitrogens with two attached hydrogens (primary N) is 1. The lowest BCUT2D eigenvalue weighted by Crippen LogP contribution is -2.46. The topological polar surface area (TPSA) is 45.4 Å². The van der Waals surface area contributed by atoms with Crippen LogP contribution in [-0.2, 0) is 0 Å². The number of pyridine rings is 1. The lowest BCUT2D eigenvalue weighted by molar-refractivity contribution is 0.647. The minimum Gasteiger partial charge on any atom is -0.399 e. The van der Waals surface area contributed by atoms with Gasteiger partial charge in [0.2, 0.25) is 0 Å². The molecule has 4 heteroatoms. The summed E-state index contributed by atoms with van der Waals surface area (Å²) in [5.74, 6) is 1.07. The number of hydrogen-bond acceptors (Lipinski definition) is 4. The molecule has 0 radical (unpaired) electrons. The Kier molecular flexibility index (Phi) is 3.23. The van der Waals surface area contributed by atoms with Gasteiger partial charge in [-0.25, -0.2) is 4.98 Å². The first kappa shape index (κ1) is 11.8. The number of piperazine rings is 1. The molecule has 1 saturated heterocycles. The summed E-state index contributed by atoms with van der Waals surface area (Å²) in [5.41, 5.74) is 7.78. The maximum atomic E-state index is 5.72. The molecule has 0 aliphatic carbocycles. The zero-order valence-electron chi connectivity index (χ0n) is 10.9. The van der Waals surface area contributed by atoms with Crippen molar-refractivity contribution in [2.75, 3.05) is 41.7 Å². The van der Waals surface area contributed by atoms with E-state index in [9.17, 15) is 0 Å². The SMILES string of the molecule is Nc1ccc(N2CCN(c3ccccn3)CC2)cc1. The van der Waals surface area contributed by atoms with Gasteiger partial charge in [-0.05, 0) is 36.4 Å². The molecule has 3 rings (SSSR count). The Hall–Kier alpha value is -2.23. The minimum absolute atomic E-state index is 0.816. The Bertz CT molecular complexity index is 516. The molecule has 2 N–H and O–H groups in total. The van der Waals surface area contributed by atoms with Gasteiger partial charge in [-0.15, -0.1) is 0 Å². The predicted molar refractivity (Wildman–Crippen MR) is 79.5 cm³/mol. The molecule has 2 aromatic rings. The molecule has 1 aromatic heterocycles. The summed E-state index contributed by atoms with van der Waals surface area (Å²) < 4.78 is 0. The first-order valence-electron chi connectivity index (χ1n) is 6.59. The maximum absolute atomic E-state index is 5.72. The average Bonchev–Trinajstić information content (AvgIpc) is 2.49. The molecule has 19 heavy (non-hydrogen) atoms. The summed E-state index contributed by atoms with van der Waals surface area (Å²) in [6, 6.07) is 14.2. The molecule has 0 saturated carbocycles. The molecule has 1 aromatic carbocycles. The fourth-order valence-electron chi connectivity index (χ4n) is 2.42. The smallest absolute Gasteiger partial charge is 0.128 e. The van der Waals surface area contributed by atoms with Crippen molar-refractivity contribution in [3.63, 3.8) is 0 Å². The van der Waals surface area contributed by atoms with Crippen LogP contribution in [0.4, 0.5) is 17.2 Å². The van der Waals surface area contributed by atoms with Crippen molar-refractivity contribution in [2.45, 2.75) is 0 Å². The van der Waals surface area contributed by atoms with Crippen molar-refractivity contribution in [1.29, 1.82) is 0 Å². The molecule has 1 fully saturated rings. The van der Waals surface area contributed by atoms with Crippen LogP contribution in [0.5, 0.6) is 0 Å². The fraction of sp³-hybridized carbons (Fsp3) is 0.267. The molecule has 1 aliphatic rings. The van der Waals surface area contributed by atoms with Crippen LogP contribution in [0, 0.1) is 0 Å². The van der Waals surface area contributed by atoms with Crippen molar-refractivity contribution in [1.82, 2.24) is 4.98 Å². The van der Waals surface area contributed by atoms with Crippen LogP contribution in [0.2, 0.25) is 0 Å². The molecule has 4 nitrogen and oxygen atoms in total. The van der Waals surface area contributed by atoms with Gasteiger partial charge < -0.3 is 15.5 Å². The number of hydrogen-bond donors (Lipinski definition) is 1. The van der Waals surface area contributed by atoms with E-state index in [-0.39, 0.29) is 0 Å². The highest BCUT2D eigenvalue weighted by atomic mass is 15.3. The normalized spacial score (nSPS) is 15.6. The van der Waals surface area contributed by atoms with Crippen LogP contribution in [0.1, 0.15) is 0 Å². The van der Waals surface area contributed by atoms with Crippen LogP contribution in [0.25, 0.3) is 0 Å². The van der Waals surface area contributed by atoms with Gasteiger partial charge in [-0.1, -0.05) is 6.07 Å². The molecule has 98 valence electrons. The quantitative estimate of drug-likeness (QED) is 0.833. The number of aromatic nitrogens is 1. The van der Waals surface area contributed by atoms with Gasteiger partial charge in [0.15, 0.2) is 0 Å². The number of rotatable bonds is 2. The van der Waals surface area contributed by atoms with Gasteiger partial charge in [-0.3, -0.25) is 0 Å². The van der Waals surface area contributed by atoms with Gasteiger partial charge in [0.25, 0.3) is 0 Å². The number of nitrogen functional groups attached to an aromatic ring is 1. The van der Waals surface area contributed by atoms with Crippen LogP contribution in [0.3, 0.4) is 0 Å². The molecule has 2 heterocycles. The maximum Gasteiger partial charge on any atom is 0.128 e. The van der Waals surface area contributed by atoms with Crippen LogP contribution in [-0.4, -0.2) is 31.2 Å². The molecule has 1 aliphatic heterocycles. The number of nitrogens with zero attached hydrogens (tertiary/aromatic N) is 3. The molecular formula is C15H18N4. The second-order valence-electron chi connectivity index (χ2n) is 4.75. The van der Waals surface area contributed by atoms with E-state index in [0.717, 1.165) is 37.7 Å². The van der Waals surface area contributed by atoms with E-state index < -0.39 is 0 Å². The molecule has 0 unspecified atom stereocenters. The zero-order valence-corrected chi connectivity index (χ0v) is 10.9. The highest BCUT2D eigenvalue weighted by Gasteiger charge is 2.17. The van der Waals surface area contributed by atoms with E-state index in [1.807, 2.05) is 30.5 Å². The summed E-state index contributed by atoms with van der Waals surface area (Å²) >= 11 is 0. The van der Waals surface area contributed by atoms with Crippen molar-refractivity contribution in [3.05, 3.63) is 48.7 Å². The largest absolute Gasteiger partial charge is 0.399 e. The zero-order chi connectivity index (χ0) is 13.1.